The Morgan fingerprint density at radius 2 is 1.67 bits per heavy atom. The lowest BCUT2D eigenvalue weighted by molar-refractivity contribution is 0.216. The van der Waals surface area contributed by atoms with Crippen LogP contribution < -0.4 is 9.47 Å². The normalized spacial score (nSPS) is 10.0. The average molecular weight is 387 g/mol. The van der Waals surface area contributed by atoms with Crippen molar-refractivity contribution in [2.75, 3.05) is 13.2 Å². The molecule has 0 bridgehead atoms. The van der Waals surface area contributed by atoms with Crippen LogP contribution in [0.3, 0.4) is 0 Å². The van der Waals surface area contributed by atoms with Crippen molar-refractivity contribution in [3.05, 3.63) is 56.5 Å². The van der Waals surface area contributed by atoms with Crippen LogP contribution in [0.4, 0.5) is 0 Å². The molecule has 2 aromatic carbocycles. The predicted molar refractivity (Wildman–Crippen MR) is 86.3 cm³/mol. The summed E-state index contributed by atoms with van der Waals surface area (Å²) in [6.45, 7) is 0.692. The molecule has 0 fully saturated rings. The summed E-state index contributed by atoms with van der Waals surface area (Å²) in [5.74, 6) is 1.21. The highest BCUT2D eigenvalue weighted by Crippen LogP contribution is 2.28. The third-order valence-electron chi connectivity index (χ3n) is 2.55. The Balaban J connectivity index is 1.86. The maximum absolute atomic E-state index is 8.79. The summed E-state index contributed by atoms with van der Waals surface area (Å²) in [5.41, 5.74) is 0.568. The van der Waals surface area contributed by atoms with Gasteiger partial charge < -0.3 is 9.47 Å². The smallest absolute Gasteiger partial charge is 0.138 e. The van der Waals surface area contributed by atoms with Crippen LogP contribution in [0.1, 0.15) is 5.56 Å². The quantitative estimate of drug-likeness (QED) is 0.672. The van der Waals surface area contributed by atoms with E-state index in [1.807, 2.05) is 0 Å². The van der Waals surface area contributed by atoms with Gasteiger partial charge in [-0.05, 0) is 52.3 Å². The van der Waals surface area contributed by atoms with Gasteiger partial charge in [-0.2, -0.15) is 5.26 Å². The van der Waals surface area contributed by atoms with Crippen molar-refractivity contribution >= 4 is 39.1 Å². The van der Waals surface area contributed by atoms with Gasteiger partial charge in [0, 0.05) is 5.02 Å². The maximum atomic E-state index is 8.79. The van der Waals surface area contributed by atoms with Gasteiger partial charge in [0.05, 0.1) is 21.1 Å². The van der Waals surface area contributed by atoms with Crippen molar-refractivity contribution in [1.82, 2.24) is 0 Å². The first kappa shape index (κ1) is 16.0. The highest BCUT2D eigenvalue weighted by atomic mass is 79.9. The number of nitriles is 1. The van der Waals surface area contributed by atoms with Crippen molar-refractivity contribution in [1.29, 1.82) is 5.26 Å². The molecule has 2 aromatic rings. The Kier molecular flexibility index (Phi) is 5.75. The summed E-state index contributed by atoms with van der Waals surface area (Å²) in [7, 11) is 0. The molecular weight excluding hydrogens is 377 g/mol. The lowest BCUT2D eigenvalue weighted by Gasteiger charge is -2.10. The standard InChI is InChI=1S/C15H10BrCl2NO2/c16-12-7-10(9-19)1-3-14(12)20-5-6-21-15-4-2-11(17)8-13(15)18/h1-4,7-8H,5-6H2. The van der Waals surface area contributed by atoms with Crippen LogP contribution in [0.15, 0.2) is 40.9 Å². The number of hydrogen-bond donors (Lipinski definition) is 0. The lowest BCUT2D eigenvalue weighted by Crippen LogP contribution is -2.09. The number of rotatable bonds is 5. The van der Waals surface area contributed by atoms with Gasteiger partial charge >= 0.3 is 0 Å². The summed E-state index contributed by atoms with van der Waals surface area (Å²) in [5, 5.41) is 9.81. The van der Waals surface area contributed by atoms with Gasteiger partial charge in [0.15, 0.2) is 0 Å². The zero-order valence-corrected chi connectivity index (χ0v) is 13.9. The molecule has 21 heavy (non-hydrogen) atoms. The Hall–Kier alpha value is -1.41. The van der Waals surface area contributed by atoms with Gasteiger partial charge in [-0.15, -0.1) is 0 Å². The Labute approximate surface area is 141 Å². The van der Waals surface area contributed by atoms with E-state index in [2.05, 4.69) is 22.0 Å². The van der Waals surface area contributed by atoms with Gasteiger partial charge in [0.25, 0.3) is 0 Å². The first-order valence-electron chi connectivity index (χ1n) is 6.00. The number of ether oxygens (including phenoxy) is 2. The molecule has 0 heterocycles. The molecule has 0 spiro atoms. The van der Waals surface area contributed by atoms with Crippen LogP contribution in [0, 0.1) is 11.3 Å². The van der Waals surface area contributed by atoms with E-state index in [1.54, 1.807) is 36.4 Å². The molecule has 3 nitrogen and oxygen atoms in total. The second kappa shape index (κ2) is 7.56. The highest BCUT2D eigenvalue weighted by Gasteiger charge is 2.04. The van der Waals surface area contributed by atoms with Crippen molar-refractivity contribution in [2.24, 2.45) is 0 Å². The molecule has 0 amide bonds. The molecule has 2 rings (SSSR count). The minimum atomic E-state index is 0.341. The predicted octanol–water partition coefficient (Wildman–Crippen LogP) is 5.09. The van der Waals surface area contributed by atoms with Gasteiger partial charge in [-0.1, -0.05) is 23.2 Å². The summed E-state index contributed by atoms with van der Waals surface area (Å²) < 4.78 is 11.8. The minimum Gasteiger partial charge on any atom is -0.489 e. The summed E-state index contributed by atoms with van der Waals surface area (Å²) in [6, 6.07) is 12.2. The van der Waals surface area contributed by atoms with E-state index in [0.29, 0.717) is 40.3 Å². The van der Waals surface area contributed by atoms with Crippen molar-refractivity contribution in [2.45, 2.75) is 0 Å². The Morgan fingerprint density at radius 1 is 1.00 bits per heavy atom. The Morgan fingerprint density at radius 3 is 2.29 bits per heavy atom. The number of hydrogen-bond acceptors (Lipinski definition) is 3. The Bertz CT molecular complexity index is 686. The summed E-state index contributed by atoms with van der Waals surface area (Å²) in [4.78, 5) is 0. The van der Waals surface area contributed by atoms with Gasteiger partial charge in [0.2, 0.25) is 0 Å². The molecule has 0 unspecified atom stereocenters. The fourth-order valence-electron chi connectivity index (χ4n) is 1.58. The zero-order chi connectivity index (χ0) is 15.2. The van der Waals surface area contributed by atoms with Crippen LogP contribution >= 0.6 is 39.1 Å². The SMILES string of the molecule is N#Cc1ccc(OCCOc2ccc(Cl)cc2Cl)c(Br)c1. The van der Waals surface area contributed by atoms with Crippen molar-refractivity contribution in [3.8, 4) is 17.6 Å². The first-order chi connectivity index (χ1) is 10.1. The molecular formula is C15H10BrCl2NO2. The molecule has 0 aliphatic carbocycles. The maximum Gasteiger partial charge on any atom is 0.138 e. The number of benzene rings is 2. The average Bonchev–Trinajstić information content (AvgIpc) is 2.46. The zero-order valence-electron chi connectivity index (χ0n) is 10.8. The number of nitrogens with zero attached hydrogens (tertiary/aromatic N) is 1. The van der Waals surface area contributed by atoms with Crippen LogP contribution in [0.2, 0.25) is 10.0 Å². The van der Waals surface area contributed by atoms with Gasteiger partial charge in [0.1, 0.15) is 24.7 Å². The molecule has 0 N–H and O–H groups in total. The van der Waals surface area contributed by atoms with Gasteiger partial charge in [-0.3, -0.25) is 0 Å². The van der Waals surface area contributed by atoms with Crippen LogP contribution in [-0.4, -0.2) is 13.2 Å². The third-order valence-corrected chi connectivity index (χ3v) is 3.70. The molecule has 6 heteroatoms. The van der Waals surface area contributed by atoms with Gasteiger partial charge in [-0.25, -0.2) is 0 Å². The molecule has 0 atom stereocenters. The highest BCUT2D eigenvalue weighted by molar-refractivity contribution is 9.10. The van der Waals surface area contributed by atoms with Crippen molar-refractivity contribution in [3.63, 3.8) is 0 Å². The molecule has 0 saturated carbocycles. The summed E-state index contributed by atoms with van der Waals surface area (Å²) >= 11 is 15.2. The fourth-order valence-corrected chi connectivity index (χ4v) is 2.54. The molecule has 108 valence electrons. The van der Waals surface area contributed by atoms with E-state index in [0.717, 1.165) is 4.47 Å². The van der Waals surface area contributed by atoms with E-state index in [9.17, 15) is 0 Å². The van der Waals surface area contributed by atoms with E-state index in [1.165, 1.54) is 0 Å². The van der Waals surface area contributed by atoms with Crippen LogP contribution in [-0.2, 0) is 0 Å². The summed E-state index contributed by atoms with van der Waals surface area (Å²) in [6.07, 6.45) is 0. The second-order valence-corrected chi connectivity index (χ2v) is 5.73. The van der Waals surface area contributed by atoms with E-state index < -0.39 is 0 Å². The van der Waals surface area contributed by atoms with Crippen LogP contribution in [0.25, 0.3) is 0 Å². The molecule has 0 aliphatic rings. The molecule has 0 radical (unpaired) electrons. The van der Waals surface area contributed by atoms with Crippen LogP contribution in [0.5, 0.6) is 11.5 Å². The fraction of sp³-hybridized carbons (Fsp3) is 0.133. The van der Waals surface area contributed by atoms with E-state index >= 15 is 0 Å². The van der Waals surface area contributed by atoms with E-state index in [-0.39, 0.29) is 0 Å². The minimum absolute atomic E-state index is 0.341. The monoisotopic (exact) mass is 385 g/mol. The number of halogens is 3. The molecule has 0 aliphatic heterocycles. The van der Waals surface area contributed by atoms with Crippen molar-refractivity contribution < 1.29 is 9.47 Å². The lowest BCUT2D eigenvalue weighted by atomic mass is 10.2. The largest absolute Gasteiger partial charge is 0.489 e. The first-order valence-corrected chi connectivity index (χ1v) is 7.55. The molecule has 0 aromatic heterocycles. The third kappa shape index (κ3) is 4.53. The van der Waals surface area contributed by atoms with E-state index in [4.69, 9.17) is 37.9 Å². The second-order valence-electron chi connectivity index (χ2n) is 4.03. The topological polar surface area (TPSA) is 42.2 Å². The molecule has 0 saturated heterocycles.